The van der Waals surface area contributed by atoms with E-state index < -0.39 is 0 Å². The average Bonchev–Trinajstić information content (AvgIpc) is 2.06. The summed E-state index contributed by atoms with van der Waals surface area (Å²) in [4.78, 5) is 10.8. The summed E-state index contributed by atoms with van der Waals surface area (Å²) in [6.07, 6.45) is 3.90. The molecule has 11 heavy (non-hydrogen) atoms. The summed E-state index contributed by atoms with van der Waals surface area (Å²) in [7, 11) is 1.42. The summed E-state index contributed by atoms with van der Waals surface area (Å²) < 4.78 is 4.55. The van der Waals surface area contributed by atoms with Crippen molar-refractivity contribution in [3.05, 3.63) is 0 Å². The molecular weight excluding hydrogens is 142 g/mol. The lowest BCUT2D eigenvalue weighted by Crippen LogP contribution is -2.30. The Morgan fingerprint density at radius 2 is 2.45 bits per heavy atom. The van der Waals surface area contributed by atoms with Crippen LogP contribution >= 0.6 is 0 Å². The maximum absolute atomic E-state index is 10.8. The highest BCUT2D eigenvalue weighted by Gasteiger charge is 2.17. The van der Waals surface area contributed by atoms with Crippen LogP contribution in [0.1, 0.15) is 25.7 Å². The predicted octanol–water partition coefficient (Wildman–Crippen LogP) is 0.706. The van der Waals surface area contributed by atoms with Gasteiger partial charge in [-0.2, -0.15) is 0 Å². The van der Waals surface area contributed by atoms with Gasteiger partial charge >= 0.3 is 5.97 Å². The number of hydrogen-bond donors (Lipinski definition) is 0. The Bertz CT molecular complexity index is 130. The third kappa shape index (κ3) is 2.89. The van der Waals surface area contributed by atoms with Gasteiger partial charge in [-0.05, 0) is 12.8 Å². The van der Waals surface area contributed by atoms with Crippen molar-refractivity contribution in [3.63, 3.8) is 0 Å². The van der Waals surface area contributed by atoms with E-state index in [9.17, 15) is 4.79 Å². The van der Waals surface area contributed by atoms with Gasteiger partial charge in [0.2, 0.25) is 0 Å². The van der Waals surface area contributed by atoms with Crippen LogP contribution in [-0.2, 0) is 9.53 Å². The molecule has 1 radical (unpaired) electrons. The Hall–Kier alpha value is -0.570. The van der Waals surface area contributed by atoms with E-state index in [0.717, 1.165) is 13.0 Å². The van der Waals surface area contributed by atoms with E-state index in [1.807, 2.05) is 0 Å². The lowest BCUT2D eigenvalue weighted by atomic mass is 10.0. The smallest absolute Gasteiger partial charge is 0.307 e. The fourth-order valence-corrected chi connectivity index (χ4v) is 1.30. The number of hydrogen-bond acceptors (Lipinski definition) is 2. The van der Waals surface area contributed by atoms with Gasteiger partial charge in [-0.25, -0.2) is 5.32 Å². The first-order chi connectivity index (χ1) is 5.33. The number of rotatable bonds is 2. The van der Waals surface area contributed by atoms with Gasteiger partial charge in [0.25, 0.3) is 0 Å². The Labute approximate surface area is 67.1 Å². The van der Waals surface area contributed by atoms with E-state index in [-0.39, 0.29) is 12.0 Å². The van der Waals surface area contributed by atoms with Gasteiger partial charge in [-0.1, -0.05) is 6.42 Å². The molecule has 1 aliphatic heterocycles. The third-order valence-corrected chi connectivity index (χ3v) is 1.96. The van der Waals surface area contributed by atoms with Crippen LogP contribution in [0.15, 0.2) is 0 Å². The molecular formula is C8H14NO2. The number of methoxy groups -OCH3 is 1. The van der Waals surface area contributed by atoms with Crippen molar-refractivity contribution in [3.8, 4) is 0 Å². The highest BCUT2D eigenvalue weighted by atomic mass is 16.5. The first-order valence-electron chi connectivity index (χ1n) is 4.06. The van der Waals surface area contributed by atoms with Crippen LogP contribution in [0.5, 0.6) is 0 Å². The molecule has 0 spiro atoms. The molecule has 0 saturated carbocycles. The maximum atomic E-state index is 10.8. The molecule has 3 nitrogen and oxygen atoms in total. The third-order valence-electron chi connectivity index (χ3n) is 1.96. The Morgan fingerprint density at radius 3 is 3.00 bits per heavy atom. The van der Waals surface area contributed by atoms with Gasteiger partial charge in [0.1, 0.15) is 0 Å². The number of carbonyl (C=O) groups is 1. The van der Waals surface area contributed by atoms with Crippen molar-refractivity contribution in [1.29, 1.82) is 0 Å². The molecule has 0 amide bonds. The Kier molecular flexibility index (Phi) is 3.36. The molecule has 3 heteroatoms. The van der Waals surface area contributed by atoms with E-state index in [2.05, 4.69) is 10.1 Å². The monoisotopic (exact) mass is 156 g/mol. The molecule has 1 atom stereocenters. The maximum Gasteiger partial charge on any atom is 0.307 e. The minimum Gasteiger partial charge on any atom is -0.469 e. The van der Waals surface area contributed by atoms with Crippen LogP contribution in [-0.4, -0.2) is 25.7 Å². The van der Waals surface area contributed by atoms with Crippen LogP contribution in [0.3, 0.4) is 0 Å². The minimum absolute atomic E-state index is 0.138. The van der Waals surface area contributed by atoms with Gasteiger partial charge in [-0.3, -0.25) is 4.79 Å². The zero-order valence-electron chi connectivity index (χ0n) is 6.88. The number of nitrogens with zero attached hydrogens (tertiary/aromatic N) is 1. The van der Waals surface area contributed by atoms with Crippen LogP contribution in [0.2, 0.25) is 0 Å². The Balaban J connectivity index is 2.19. The molecule has 0 aromatic rings. The molecule has 0 aromatic heterocycles. The molecule has 1 heterocycles. The fraction of sp³-hybridized carbons (Fsp3) is 0.875. The lowest BCUT2D eigenvalue weighted by Gasteiger charge is -2.19. The van der Waals surface area contributed by atoms with Gasteiger partial charge < -0.3 is 4.74 Å². The molecule has 1 rings (SSSR count). The van der Waals surface area contributed by atoms with Gasteiger partial charge in [0.05, 0.1) is 13.5 Å². The summed E-state index contributed by atoms with van der Waals surface area (Å²) >= 11 is 0. The second-order valence-corrected chi connectivity index (χ2v) is 2.84. The first-order valence-corrected chi connectivity index (χ1v) is 4.06. The summed E-state index contributed by atoms with van der Waals surface area (Å²) in [6, 6.07) is 0.233. The second kappa shape index (κ2) is 4.34. The van der Waals surface area contributed by atoms with Crippen LogP contribution < -0.4 is 5.32 Å². The molecule has 0 bridgehead atoms. The van der Waals surface area contributed by atoms with Crippen molar-refractivity contribution in [2.24, 2.45) is 0 Å². The van der Waals surface area contributed by atoms with Crippen molar-refractivity contribution < 1.29 is 9.53 Å². The second-order valence-electron chi connectivity index (χ2n) is 2.84. The van der Waals surface area contributed by atoms with Gasteiger partial charge in [-0.15, -0.1) is 0 Å². The zero-order valence-corrected chi connectivity index (χ0v) is 6.88. The molecule has 63 valence electrons. The van der Waals surface area contributed by atoms with Gasteiger partial charge in [0.15, 0.2) is 0 Å². The standard InChI is InChI=1S/C8H14NO2/c1-11-8(10)6-7-4-2-3-5-9-7/h7H,2-6H2,1H3. The highest BCUT2D eigenvalue weighted by molar-refractivity contribution is 5.69. The highest BCUT2D eigenvalue weighted by Crippen LogP contribution is 2.11. The number of piperidine rings is 1. The van der Waals surface area contributed by atoms with Crippen molar-refractivity contribution in [2.45, 2.75) is 31.7 Å². The van der Waals surface area contributed by atoms with E-state index >= 15 is 0 Å². The molecule has 0 aliphatic carbocycles. The molecule has 0 aromatic carbocycles. The molecule has 1 unspecified atom stereocenters. The summed E-state index contributed by atoms with van der Waals surface area (Å²) in [5, 5.41) is 4.32. The molecule has 1 fully saturated rings. The fourth-order valence-electron chi connectivity index (χ4n) is 1.30. The van der Waals surface area contributed by atoms with Crippen molar-refractivity contribution >= 4 is 5.97 Å². The predicted molar refractivity (Wildman–Crippen MR) is 41.3 cm³/mol. The van der Waals surface area contributed by atoms with Gasteiger partial charge in [0, 0.05) is 12.6 Å². The molecule has 0 N–H and O–H groups in total. The summed E-state index contributed by atoms with van der Waals surface area (Å²) in [5.41, 5.74) is 0. The summed E-state index contributed by atoms with van der Waals surface area (Å²) in [5.74, 6) is -0.138. The van der Waals surface area contributed by atoms with E-state index in [1.54, 1.807) is 0 Å². The van der Waals surface area contributed by atoms with Crippen molar-refractivity contribution in [2.75, 3.05) is 13.7 Å². The average molecular weight is 156 g/mol. The largest absolute Gasteiger partial charge is 0.469 e. The van der Waals surface area contributed by atoms with Crippen LogP contribution in [0.25, 0.3) is 0 Å². The number of carbonyl (C=O) groups excluding carboxylic acids is 1. The first kappa shape index (κ1) is 8.53. The SMILES string of the molecule is COC(=O)CC1CCCC[N]1. The topological polar surface area (TPSA) is 40.4 Å². The number of esters is 1. The summed E-state index contributed by atoms with van der Waals surface area (Å²) in [6.45, 7) is 0.918. The van der Waals surface area contributed by atoms with Crippen LogP contribution in [0.4, 0.5) is 0 Å². The Morgan fingerprint density at radius 1 is 1.64 bits per heavy atom. The van der Waals surface area contributed by atoms with Crippen molar-refractivity contribution in [1.82, 2.24) is 5.32 Å². The normalized spacial score (nSPS) is 24.6. The molecule has 1 saturated heterocycles. The lowest BCUT2D eigenvalue weighted by molar-refractivity contribution is -0.141. The van der Waals surface area contributed by atoms with E-state index in [0.29, 0.717) is 6.42 Å². The minimum atomic E-state index is -0.138. The zero-order chi connectivity index (χ0) is 8.10. The van der Waals surface area contributed by atoms with E-state index in [4.69, 9.17) is 0 Å². The quantitative estimate of drug-likeness (QED) is 0.552. The van der Waals surface area contributed by atoms with Crippen LogP contribution in [0, 0.1) is 0 Å². The molecule has 1 aliphatic rings. The number of ether oxygens (including phenoxy) is 1. The van der Waals surface area contributed by atoms with E-state index in [1.165, 1.54) is 20.0 Å².